The van der Waals surface area contributed by atoms with E-state index in [1.165, 1.54) is 5.56 Å². The van der Waals surface area contributed by atoms with Crippen LogP contribution < -0.4 is 4.74 Å². The van der Waals surface area contributed by atoms with E-state index < -0.39 is 0 Å². The van der Waals surface area contributed by atoms with Crippen LogP contribution in [0.2, 0.25) is 0 Å². The van der Waals surface area contributed by atoms with Crippen molar-refractivity contribution in [3.63, 3.8) is 0 Å². The van der Waals surface area contributed by atoms with Gasteiger partial charge in [0, 0.05) is 11.1 Å². The smallest absolute Gasteiger partial charge is 0.193 e. The summed E-state index contributed by atoms with van der Waals surface area (Å²) in [6, 6.07) is 11.6. The first-order valence-electron chi connectivity index (χ1n) is 6.85. The Balaban J connectivity index is 2.37. The van der Waals surface area contributed by atoms with E-state index in [0.717, 1.165) is 28.9 Å². The molecular weight excluding hydrogens is 248 g/mol. The maximum absolute atomic E-state index is 12.5. The Morgan fingerprint density at radius 3 is 2.00 bits per heavy atom. The maximum atomic E-state index is 12.5. The number of aryl methyl sites for hydroxylation is 3. The molecule has 2 rings (SSSR count). The average Bonchev–Trinajstić information content (AvgIpc) is 2.46. The van der Waals surface area contributed by atoms with Crippen LogP contribution in [-0.2, 0) is 6.42 Å². The molecule has 2 nitrogen and oxygen atoms in total. The molecule has 0 bridgehead atoms. The quantitative estimate of drug-likeness (QED) is 0.780. The van der Waals surface area contributed by atoms with Crippen molar-refractivity contribution in [1.82, 2.24) is 0 Å². The highest BCUT2D eigenvalue weighted by atomic mass is 16.5. The van der Waals surface area contributed by atoms with Gasteiger partial charge in [-0.1, -0.05) is 31.2 Å². The van der Waals surface area contributed by atoms with Crippen molar-refractivity contribution in [2.75, 3.05) is 7.11 Å². The topological polar surface area (TPSA) is 26.3 Å². The number of ketones is 1. The minimum absolute atomic E-state index is 0.0570. The monoisotopic (exact) mass is 268 g/mol. The van der Waals surface area contributed by atoms with Crippen LogP contribution in [0, 0.1) is 13.8 Å². The number of carbonyl (C=O) groups is 1. The van der Waals surface area contributed by atoms with E-state index in [1.54, 1.807) is 7.11 Å². The van der Waals surface area contributed by atoms with Gasteiger partial charge in [0.1, 0.15) is 5.75 Å². The van der Waals surface area contributed by atoms with Gasteiger partial charge in [0.25, 0.3) is 0 Å². The van der Waals surface area contributed by atoms with Crippen molar-refractivity contribution < 1.29 is 9.53 Å². The van der Waals surface area contributed by atoms with Crippen molar-refractivity contribution in [2.45, 2.75) is 27.2 Å². The highest BCUT2D eigenvalue weighted by Gasteiger charge is 2.13. The molecule has 2 aromatic carbocycles. The molecular formula is C18H20O2. The fourth-order valence-electron chi connectivity index (χ4n) is 2.46. The number of benzene rings is 2. The van der Waals surface area contributed by atoms with Gasteiger partial charge < -0.3 is 4.74 Å². The molecule has 2 aromatic rings. The van der Waals surface area contributed by atoms with E-state index in [0.29, 0.717) is 5.56 Å². The molecule has 2 heteroatoms. The van der Waals surface area contributed by atoms with Crippen molar-refractivity contribution >= 4 is 5.78 Å². The Labute approximate surface area is 120 Å². The van der Waals surface area contributed by atoms with Gasteiger partial charge in [-0.15, -0.1) is 0 Å². The Hall–Kier alpha value is -2.09. The molecule has 0 saturated heterocycles. The molecule has 104 valence electrons. The van der Waals surface area contributed by atoms with E-state index in [4.69, 9.17) is 4.74 Å². The summed E-state index contributed by atoms with van der Waals surface area (Å²) >= 11 is 0. The van der Waals surface area contributed by atoms with Crippen molar-refractivity contribution in [3.05, 3.63) is 64.2 Å². The third-order valence-corrected chi connectivity index (χ3v) is 3.55. The number of ether oxygens (including phenoxy) is 1. The van der Waals surface area contributed by atoms with E-state index in [9.17, 15) is 4.79 Å². The average molecular weight is 268 g/mol. The molecule has 0 aliphatic carbocycles. The van der Waals surface area contributed by atoms with Crippen molar-refractivity contribution in [2.24, 2.45) is 0 Å². The molecule has 0 amide bonds. The lowest BCUT2D eigenvalue weighted by molar-refractivity contribution is 0.103. The molecule has 0 unspecified atom stereocenters. The van der Waals surface area contributed by atoms with E-state index >= 15 is 0 Å². The highest BCUT2D eigenvalue weighted by molar-refractivity contribution is 6.09. The van der Waals surface area contributed by atoms with Crippen LogP contribution >= 0.6 is 0 Å². The third-order valence-electron chi connectivity index (χ3n) is 3.55. The van der Waals surface area contributed by atoms with Crippen LogP contribution in [-0.4, -0.2) is 12.9 Å². The second kappa shape index (κ2) is 5.91. The van der Waals surface area contributed by atoms with Crippen LogP contribution in [0.1, 0.15) is 39.5 Å². The van der Waals surface area contributed by atoms with Gasteiger partial charge in [-0.2, -0.15) is 0 Å². The van der Waals surface area contributed by atoms with Gasteiger partial charge >= 0.3 is 0 Å². The predicted molar refractivity (Wildman–Crippen MR) is 81.7 cm³/mol. The van der Waals surface area contributed by atoms with Gasteiger partial charge in [-0.05, 0) is 49.1 Å². The lowest BCUT2D eigenvalue weighted by atomic mass is 9.97. The standard InChI is InChI=1S/C18H20O2/c1-5-14-6-8-15(9-7-14)17(19)16-10-12(2)18(20-4)13(3)11-16/h6-11H,5H2,1-4H3. The molecule has 0 aromatic heterocycles. The molecule has 0 aliphatic heterocycles. The van der Waals surface area contributed by atoms with E-state index in [1.807, 2.05) is 50.2 Å². The second-order valence-corrected chi connectivity index (χ2v) is 5.02. The minimum Gasteiger partial charge on any atom is -0.496 e. The summed E-state index contributed by atoms with van der Waals surface area (Å²) in [7, 11) is 1.65. The number of carbonyl (C=O) groups excluding carboxylic acids is 1. The molecule has 0 heterocycles. The Morgan fingerprint density at radius 2 is 1.55 bits per heavy atom. The van der Waals surface area contributed by atoms with Crippen LogP contribution in [0.25, 0.3) is 0 Å². The number of methoxy groups -OCH3 is 1. The molecule has 0 atom stereocenters. The summed E-state index contributed by atoms with van der Waals surface area (Å²) in [6.45, 7) is 6.03. The summed E-state index contributed by atoms with van der Waals surface area (Å²) in [6.07, 6.45) is 0.981. The Morgan fingerprint density at radius 1 is 1.00 bits per heavy atom. The molecule has 0 aliphatic rings. The summed E-state index contributed by atoms with van der Waals surface area (Å²) in [5, 5.41) is 0. The first-order valence-corrected chi connectivity index (χ1v) is 6.85. The molecule has 0 N–H and O–H groups in total. The zero-order valence-corrected chi connectivity index (χ0v) is 12.5. The first kappa shape index (κ1) is 14.3. The number of hydrogen-bond acceptors (Lipinski definition) is 2. The predicted octanol–water partition coefficient (Wildman–Crippen LogP) is 4.11. The van der Waals surface area contributed by atoms with Gasteiger partial charge in [-0.25, -0.2) is 0 Å². The molecule has 0 spiro atoms. The normalized spacial score (nSPS) is 10.4. The van der Waals surface area contributed by atoms with Crippen molar-refractivity contribution in [3.8, 4) is 5.75 Å². The second-order valence-electron chi connectivity index (χ2n) is 5.02. The highest BCUT2D eigenvalue weighted by Crippen LogP contribution is 2.25. The first-order chi connectivity index (χ1) is 9.56. The van der Waals surface area contributed by atoms with Crippen LogP contribution in [0.5, 0.6) is 5.75 Å². The summed E-state index contributed by atoms with van der Waals surface area (Å²) < 4.78 is 5.34. The lowest BCUT2D eigenvalue weighted by Crippen LogP contribution is -2.03. The SMILES string of the molecule is CCc1ccc(C(=O)c2cc(C)c(OC)c(C)c2)cc1. The lowest BCUT2D eigenvalue weighted by Gasteiger charge is -2.11. The Kier molecular flexibility index (Phi) is 4.23. The number of hydrogen-bond donors (Lipinski definition) is 0. The minimum atomic E-state index is 0.0570. The zero-order chi connectivity index (χ0) is 14.7. The van der Waals surface area contributed by atoms with Gasteiger partial charge in [0.15, 0.2) is 5.78 Å². The van der Waals surface area contributed by atoms with Gasteiger partial charge in [-0.3, -0.25) is 4.79 Å². The fraction of sp³-hybridized carbons (Fsp3) is 0.278. The summed E-state index contributed by atoms with van der Waals surface area (Å²) in [4.78, 5) is 12.5. The summed E-state index contributed by atoms with van der Waals surface area (Å²) in [5.74, 6) is 0.907. The van der Waals surface area contributed by atoms with Crippen molar-refractivity contribution in [1.29, 1.82) is 0 Å². The van der Waals surface area contributed by atoms with Crippen LogP contribution in [0.3, 0.4) is 0 Å². The fourth-order valence-corrected chi connectivity index (χ4v) is 2.46. The molecule has 0 fully saturated rings. The number of rotatable bonds is 4. The van der Waals surface area contributed by atoms with Crippen LogP contribution in [0.4, 0.5) is 0 Å². The van der Waals surface area contributed by atoms with E-state index in [-0.39, 0.29) is 5.78 Å². The molecule has 0 saturated carbocycles. The third kappa shape index (κ3) is 2.74. The largest absolute Gasteiger partial charge is 0.496 e. The van der Waals surface area contributed by atoms with Crippen LogP contribution in [0.15, 0.2) is 36.4 Å². The Bertz CT molecular complexity index is 601. The van der Waals surface area contributed by atoms with Gasteiger partial charge in [0.05, 0.1) is 7.11 Å². The van der Waals surface area contributed by atoms with E-state index in [2.05, 4.69) is 6.92 Å². The maximum Gasteiger partial charge on any atom is 0.193 e. The molecule has 20 heavy (non-hydrogen) atoms. The summed E-state index contributed by atoms with van der Waals surface area (Å²) in [5.41, 5.74) is 4.65. The molecule has 0 radical (unpaired) electrons. The van der Waals surface area contributed by atoms with Gasteiger partial charge in [0.2, 0.25) is 0 Å². The zero-order valence-electron chi connectivity index (χ0n) is 12.5.